The molecule has 128 valence electrons. The summed E-state index contributed by atoms with van der Waals surface area (Å²) in [6.07, 6.45) is 3.80. The van der Waals surface area contributed by atoms with Gasteiger partial charge in [0.1, 0.15) is 0 Å². The molecule has 0 bridgehead atoms. The molecule has 6 heteroatoms. The fourth-order valence-corrected chi connectivity index (χ4v) is 3.73. The van der Waals surface area contributed by atoms with Gasteiger partial charge in [-0.3, -0.25) is 4.98 Å². The number of pyridine rings is 1. The fourth-order valence-electron chi connectivity index (χ4n) is 2.99. The minimum absolute atomic E-state index is 0.354. The average molecular weight is 352 g/mol. The van der Waals surface area contributed by atoms with Gasteiger partial charge in [0.15, 0.2) is 0 Å². The van der Waals surface area contributed by atoms with E-state index in [1.54, 1.807) is 11.3 Å². The normalized spacial score (nSPS) is 18.8. The van der Waals surface area contributed by atoms with Gasteiger partial charge in [-0.05, 0) is 56.9 Å². The summed E-state index contributed by atoms with van der Waals surface area (Å²) >= 11 is 1.66. The lowest BCUT2D eigenvalue weighted by molar-refractivity contribution is 0.00578. The van der Waals surface area contributed by atoms with Crippen LogP contribution in [0.25, 0.3) is 21.3 Å². The molecular weight excluding hydrogens is 331 g/mol. The van der Waals surface area contributed by atoms with Crippen molar-refractivity contribution in [1.29, 1.82) is 0 Å². The van der Waals surface area contributed by atoms with E-state index in [9.17, 15) is 0 Å². The molecule has 4 nitrogen and oxygen atoms in total. The molecule has 0 amide bonds. The van der Waals surface area contributed by atoms with E-state index in [4.69, 9.17) is 9.31 Å². The highest BCUT2D eigenvalue weighted by Crippen LogP contribution is 2.37. The summed E-state index contributed by atoms with van der Waals surface area (Å²) < 4.78 is 12.4. The van der Waals surface area contributed by atoms with Gasteiger partial charge in [-0.2, -0.15) is 0 Å². The van der Waals surface area contributed by atoms with Crippen molar-refractivity contribution in [3.05, 3.63) is 41.7 Å². The highest BCUT2D eigenvalue weighted by molar-refractivity contribution is 7.15. The first-order valence-corrected chi connectivity index (χ1v) is 9.26. The highest BCUT2D eigenvalue weighted by Gasteiger charge is 2.52. The van der Waals surface area contributed by atoms with Gasteiger partial charge in [0.2, 0.25) is 0 Å². The quantitative estimate of drug-likeness (QED) is 0.655. The second-order valence-corrected chi connectivity index (χ2v) is 8.70. The molecular formula is C19H21BN2O2S. The first kappa shape index (κ1) is 16.7. The Morgan fingerprint density at radius 3 is 2.36 bits per heavy atom. The van der Waals surface area contributed by atoms with Crippen molar-refractivity contribution >= 4 is 34.7 Å². The first-order chi connectivity index (χ1) is 11.8. The lowest BCUT2D eigenvalue weighted by Crippen LogP contribution is -2.41. The predicted octanol–water partition coefficient (Wildman–Crippen LogP) is 3.97. The molecule has 1 aliphatic rings. The minimum Gasteiger partial charge on any atom is -0.399 e. The molecule has 0 unspecified atom stereocenters. The van der Waals surface area contributed by atoms with Crippen LogP contribution in [-0.4, -0.2) is 28.3 Å². The number of fused-ring (bicyclic) bond motifs is 1. The number of aryl methyl sites for hydroxylation is 1. The predicted molar refractivity (Wildman–Crippen MR) is 103 cm³/mol. The lowest BCUT2D eigenvalue weighted by atomic mass is 9.76. The average Bonchev–Trinajstić information content (AvgIpc) is 3.07. The fraction of sp³-hybridized carbons (Fsp3) is 0.368. The molecule has 1 fully saturated rings. The van der Waals surface area contributed by atoms with Crippen molar-refractivity contribution in [3.63, 3.8) is 0 Å². The van der Waals surface area contributed by atoms with Crippen LogP contribution in [0.2, 0.25) is 0 Å². The zero-order chi connectivity index (χ0) is 17.8. The Kier molecular flexibility index (Phi) is 3.76. The van der Waals surface area contributed by atoms with Crippen LogP contribution in [0.15, 0.2) is 36.7 Å². The summed E-state index contributed by atoms with van der Waals surface area (Å²) in [4.78, 5) is 10.1. The van der Waals surface area contributed by atoms with E-state index in [1.165, 1.54) is 0 Å². The van der Waals surface area contributed by atoms with Gasteiger partial charge in [0.05, 0.1) is 26.8 Å². The van der Waals surface area contributed by atoms with Gasteiger partial charge in [0, 0.05) is 12.4 Å². The van der Waals surface area contributed by atoms with Crippen LogP contribution in [0.1, 0.15) is 32.7 Å². The van der Waals surface area contributed by atoms with Crippen LogP contribution in [0.4, 0.5) is 0 Å². The largest absolute Gasteiger partial charge is 0.495 e. The van der Waals surface area contributed by atoms with Gasteiger partial charge in [0.25, 0.3) is 0 Å². The van der Waals surface area contributed by atoms with E-state index < -0.39 is 0 Å². The van der Waals surface area contributed by atoms with Crippen LogP contribution in [0.5, 0.6) is 0 Å². The second-order valence-electron chi connectivity index (χ2n) is 7.47. The van der Waals surface area contributed by atoms with E-state index in [-0.39, 0.29) is 18.3 Å². The van der Waals surface area contributed by atoms with Crippen molar-refractivity contribution in [1.82, 2.24) is 9.97 Å². The van der Waals surface area contributed by atoms with Crippen LogP contribution in [0, 0.1) is 6.92 Å². The van der Waals surface area contributed by atoms with Crippen molar-refractivity contribution < 1.29 is 9.31 Å². The van der Waals surface area contributed by atoms with Gasteiger partial charge < -0.3 is 9.31 Å². The molecule has 0 spiro atoms. The summed E-state index contributed by atoms with van der Waals surface area (Å²) in [5.74, 6) is 0. The molecule has 0 aliphatic carbocycles. The maximum Gasteiger partial charge on any atom is 0.495 e. The Hall–Kier alpha value is -1.76. The first-order valence-electron chi connectivity index (χ1n) is 8.44. The SMILES string of the molecule is Cc1ncc(-c2cc3cccc(B4OC(C)(C)C(C)(C)O4)c3cn2)s1. The number of benzene rings is 1. The van der Waals surface area contributed by atoms with E-state index in [0.717, 1.165) is 31.8 Å². The minimum atomic E-state index is -0.382. The highest BCUT2D eigenvalue weighted by atomic mass is 32.1. The van der Waals surface area contributed by atoms with Gasteiger partial charge in [-0.1, -0.05) is 18.2 Å². The Bertz CT molecular complexity index is 936. The van der Waals surface area contributed by atoms with E-state index in [1.807, 2.05) is 25.4 Å². The van der Waals surface area contributed by atoms with Crippen molar-refractivity contribution in [2.75, 3.05) is 0 Å². The molecule has 4 rings (SSSR count). The monoisotopic (exact) mass is 352 g/mol. The Balaban J connectivity index is 1.77. The third-order valence-electron chi connectivity index (χ3n) is 5.18. The molecule has 3 aromatic rings. The molecule has 0 N–H and O–H groups in total. The number of thiazole rings is 1. The van der Waals surface area contributed by atoms with Crippen molar-refractivity contribution in [2.45, 2.75) is 45.8 Å². The maximum absolute atomic E-state index is 6.22. The Morgan fingerprint density at radius 1 is 1.00 bits per heavy atom. The molecule has 0 radical (unpaired) electrons. The lowest BCUT2D eigenvalue weighted by Gasteiger charge is -2.32. The van der Waals surface area contributed by atoms with E-state index in [0.29, 0.717) is 0 Å². The molecule has 25 heavy (non-hydrogen) atoms. The van der Waals surface area contributed by atoms with Gasteiger partial charge in [-0.25, -0.2) is 4.98 Å². The summed E-state index contributed by atoms with van der Waals surface area (Å²) in [5, 5.41) is 3.23. The molecule has 1 aromatic carbocycles. The van der Waals surface area contributed by atoms with Crippen LogP contribution in [0.3, 0.4) is 0 Å². The zero-order valence-corrected chi connectivity index (χ0v) is 16.0. The Labute approximate surface area is 152 Å². The Morgan fingerprint density at radius 2 is 1.72 bits per heavy atom. The van der Waals surface area contributed by atoms with E-state index in [2.05, 4.69) is 55.9 Å². The maximum atomic E-state index is 6.22. The summed E-state index contributed by atoms with van der Waals surface area (Å²) in [6.45, 7) is 10.3. The molecule has 1 aliphatic heterocycles. The summed E-state index contributed by atoms with van der Waals surface area (Å²) in [5.41, 5.74) is 1.26. The van der Waals surface area contributed by atoms with Crippen LogP contribution in [-0.2, 0) is 9.31 Å². The van der Waals surface area contributed by atoms with Gasteiger partial charge >= 0.3 is 7.12 Å². The molecule has 0 saturated carbocycles. The van der Waals surface area contributed by atoms with Crippen molar-refractivity contribution in [3.8, 4) is 10.6 Å². The van der Waals surface area contributed by atoms with Crippen LogP contribution < -0.4 is 5.46 Å². The number of aromatic nitrogens is 2. The summed E-state index contributed by atoms with van der Waals surface area (Å²) in [6, 6.07) is 8.31. The van der Waals surface area contributed by atoms with Crippen LogP contribution >= 0.6 is 11.3 Å². The molecule has 3 heterocycles. The third-order valence-corrected chi connectivity index (χ3v) is 6.11. The molecule has 0 atom stereocenters. The smallest absolute Gasteiger partial charge is 0.399 e. The number of rotatable bonds is 2. The number of nitrogens with zero attached hydrogens (tertiary/aromatic N) is 2. The summed E-state index contributed by atoms with van der Waals surface area (Å²) in [7, 11) is -0.382. The second kappa shape index (κ2) is 5.63. The zero-order valence-electron chi connectivity index (χ0n) is 15.2. The number of hydrogen-bond donors (Lipinski definition) is 0. The topological polar surface area (TPSA) is 44.2 Å². The third kappa shape index (κ3) is 2.78. The van der Waals surface area contributed by atoms with Gasteiger partial charge in [-0.15, -0.1) is 11.3 Å². The molecule has 2 aromatic heterocycles. The number of hydrogen-bond acceptors (Lipinski definition) is 5. The molecule has 1 saturated heterocycles. The van der Waals surface area contributed by atoms with E-state index >= 15 is 0 Å². The van der Waals surface area contributed by atoms with Crippen molar-refractivity contribution in [2.24, 2.45) is 0 Å². The standard InChI is InChI=1S/C19H21BN2O2S/c1-12-21-11-17(25-12)16-9-13-7-6-8-15(14(13)10-22-16)20-23-18(2,3)19(4,5)24-20/h6-11H,1-5H3.